The van der Waals surface area contributed by atoms with Gasteiger partial charge in [-0.3, -0.25) is 14.5 Å². The third-order valence-electron chi connectivity index (χ3n) is 6.61. The minimum Gasteiger partial charge on any atom is -0.477 e. The van der Waals surface area contributed by atoms with Crippen molar-refractivity contribution in [1.82, 2.24) is 19.4 Å². The average molecular weight is 519 g/mol. The Morgan fingerprint density at radius 1 is 1.17 bits per heavy atom. The number of likely N-dealkylation sites (N-methyl/N-ethyl adjacent to an activating group) is 1. The zero-order chi connectivity index (χ0) is 23.7. The van der Waals surface area contributed by atoms with Crippen LogP contribution in [0.2, 0.25) is 0 Å². The number of halogens is 1. The van der Waals surface area contributed by atoms with Gasteiger partial charge in [0, 0.05) is 67.0 Å². The van der Waals surface area contributed by atoms with Crippen LogP contribution in [-0.4, -0.2) is 71.8 Å². The summed E-state index contributed by atoms with van der Waals surface area (Å²) in [6.45, 7) is 4.74. The summed E-state index contributed by atoms with van der Waals surface area (Å²) in [6.07, 6.45) is 5.65. The number of aromatic nitrogens is 2. The first-order valence-electron chi connectivity index (χ1n) is 11.7. The molecule has 2 aliphatic heterocycles. The number of pyridine rings is 2. The standard InChI is InChI=1S/C25H30N4O4S.ClH/c1-27-7-8-29(23(30)15-27)13-19-12-20-24(34-19)21(14-28(2)25(20)31)18-3-6-26-22(11-18)33-16-17-4-9-32-10-5-17;/h3,6,11-12,14,17H,4-5,7-10,13,15-16H2,1-2H3;1H. The predicted octanol–water partition coefficient (Wildman–Crippen LogP) is 3.16. The number of ether oxygens (including phenoxy) is 2. The van der Waals surface area contributed by atoms with Crippen LogP contribution < -0.4 is 10.3 Å². The second kappa shape index (κ2) is 11.1. The highest BCUT2D eigenvalue weighted by atomic mass is 35.5. The van der Waals surface area contributed by atoms with Gasteiger partial charge in [0.2, 0.25) is 11.8 Å². The summed E-state index contributed by atoms with van der Waals surface area (Å²) in [5, 5.41) is 0.683. The Hall–Kier alpha value is -2.46. The number of thiophene rings is 1. The molecule has 2 saturated heterocycles. The Bertz CT molecular complexity index is 1250. The molecule has 8 nitrogen and oxygen atoms in total. The number of piperazine rings is 1. The van der Waals surface area contributed by atoms with E-state index in [9.17, 15) is 9.59 Å². The second-order valence-corrected chi connectivity index (χ2v) is 10.4. The van der Waals surface area contributed by atoms with E-state index in [1.807, 2.05) is 41.2 Å². The van der Waals surface area contributed by atoms with Crippen molar-refractivity contribution in [3.8, 4) is 17.0 Å². The normalized spacial score (nSPS) is 17.5. The molecule has 35 heavy (non-hydrogen) atoms. The molecular formula is C25H31ClN4O4S. The second-order valence-electron chi connectivity index (χ2n) is 9.22. The van der Waals surface area contributed by atoms with Gasteiger partial charge < -0.3 is 18.9 Å². The van der Waals surface area contributed by atoms with Gasteiger partial charge in [0.25, 0.3) is 5.56 Å². The molecule has 0 bridgehead atoms. The van der Waals surface area contributed by atoms with E-state index < -0.39 is 0 Å². The third-order valence-corrected chi connectivity index (χ3v) is 7.76. The molecule has 0 saturated carbocycles. The first-order chi connectivity index (χ1) is 16.5. The molecule has 0 unspecified atom stereocenters. The zero-order valence-electron chi connectivity index (χ0n) is 20.1. The van der Waals surface area contributed by atoms with Crippen molar-refractivity contribution in [1.29, 1.82) is 0 Å². The average Bonchev–Trinajstić information content (AvgIpc) is 3.27. The molecule has 0 aliphatic carbocycles. The number of amides is 1. The van der Waals surface area contributed by atoms with Gasteiger partial charge in [0.15, 0.2) is 0 Å². The number of carbonyl (C=O) groups excluding carboxylic acids is 1. The Kier molecular flexibility index (Phi) is 8.11. The van der Waals surface area contributed by atoms with Gasteiger partial charge in [-0.25, -0.2) is 4.98 Å². The quantitative estimate of drug-likeness (QED) is 0.499. The number of rotatable bonds is 6. The molecule has 5 rings (SSSR count). The van der Waals surface area contributed by atoms with Crippen molar-refractivity contribution in [3.05, 3.63) is 45.8 Å². The van der Waals surface area contributed by atoms with Crippen molar-refractivity contribution in [2.24, 2.45) is 13.0 Å². The van der Waals surface area contributed by atoms with Crippen LogP contribution in [0.5, 0.6) is 5.88 Å². The van der Waals surface area contributed by atoms with Crippen molar-refractivity contribution >= 4 is 39.7 Å². The maximum absolute atomic E-state index is 12.9. The van der Waals surface area contributed by atoms with Crippen LogP contribution in [0, 0.1) is 5.92 Å². The maximum Gasteiger partial charge on any atom is 0.259 e. The Morgan fingerprint density at radius 2 is 1.97 bits per heavy atom. The largest absolute Gasteiger partial charge is 0.477 e. The summed E-state index contributed by atoms with van der Waals surface area (Å²) in [7, 11) is 3.73. The molecule has 3 aromatic heterocycles. The fourth-order valence-electron chi connectivity index (χ4n) is 4.54. The summed E-state index contributed by atoms with van der Waals surface area (Å²) in [4.78, 5) is 34.7. The van der Waals surface area contributed by atoms with Gasteiger partial charge in [-0.1, -0.05) is 0 Å². The molecule has 0 spiro atoms. The zero-order valence-corrected chi connectivity index (χ0v) is 21.7. The predicted molar refractivity (Wildman–Crippen MR) is 139 cm³/mol. The molecule has 1 amide bonds. The molecular weight excluding hydrogens is 488 g/mol. The van der Waals surface area contributed by atoms with Crippen LogP contribution >= 0.6 is 23.7 Å². The summed E-state index contributed by atoms with van der Waals surface area (Å²) < 4.78 is 14.0. The lowest BCUT2D eigenvalue weighted by molar-refractivity contribution is -0.135. The highest BCUT2D eigenvalue weighted by Crippen LogP contribution is 2.34. The summed E-state index contributed by atoms with van der Waals surface area (Å²) in [5.74, 6) is 1.20. The summed E-state index contributed by atoms with van der Waals surface area (Å²) >= 11 is 1.58. The van der Waals surface area contributed by atoms with Crippen molar-refractivity contribution < 1.29 is 14.3 Å². The lowest BCUT2D eigenvalue weighted by Gasteiger charge is -2.31. The van der Waals surface area contributed by atoms with Crippen LogP contribution in [0.3, 0.4) is 0 Å². The van der Waals surface area contributed by atoms with Gasteiger partial charge in [-0.2, -0.15) is 0 Å². The third kappa shape index (κ3) is 5.69. The van der Waals surface area contributed by atoms with Crippen LogP contribution in [0.25, 0.3) is 21.2 Å². The van der Waals surface area contributed by atoms with E-state index in [4.69, 9.17) is 9.47 Å². The molecule has 0 radical (unpaired) electrons. The molecule has 2 fully saturated rings. The van der Waals surface area contributed by atoms with Crippen molar-refractivity contribution in [2.75, 3.05) is 46.5 Å². The number of nitrogens with zero attached hydrogens (tertiary/aromatic N) is 4. The van der Waals surface area contributed by atoms with Crippen LogP contribution in [0.4, 0.5) is 0 Å². The lowest BCUT2D eigenvalue weighted by Crippen LogP contribution is -2.48. The monoisotopic (exact) mass is 518 g/mol. The van der Waals surface area contributed by atoms with E-state index in [1.165, 1.54) is 0 Å². The fraction of sp³-hybridized carbons (Fsp3) is 0.480. The van der Waals surface area contributed by atoms with E-state index in [2.05, 4.69) is 4.98 Å². The number of fused-ring (bicyclic) bond motifs is 1. The number of aryl methyl sites for hydroxylation is 1. The Balaban J connectivity index is 0.00000289. The Labute approximate surface area is 214 Å². The topological polar surface area (TPSA) is 76.9 Å². The van der Waals surface area contributed by atoms with Crippen molar-refractivity contribution in [2.45, 2.75) is 19.4 Å². The molecule has 188 valence electrons. The van der Waals surface area contributed by atoms with E-state index >= 15 is 0 Å². The van der Waals surface area contributed by atoms with E-state index in [-0.39, 0.29) is 23.9 Å². The first-order valence-corrected chi connectivity index (χ1v) is 12.5. The maximum atomic E-state index is 12.9. The summed E-state index contributed by atoms with van der Waals surface area (Å²) in [5.41, 5.74) is 1.90. The highest BCUT2D eigenvalue weighted by molar-refractivity contribution is 7.19. The first kappa shape index (κ1) is 25.6. The smallest absolute Gasteiger partial charge is 0.259 e. The van der Waals surface area contributed by atoms with Crippen LogP contribution in [-0.2, 0) is 23.1 Å². The fourth-order valence-corrected chi connectivity index (χ4v) is 5.74. The number of hydrogen-bond acceptors (Lipinski definition) is 7. The molecule has 0 N–H and O–H groups in total. The molecule has 0 aromatic carbocycles. The number of hydrogen-bond donors (Lipinski definition) is 0. The molecule has 3 aromatic rings. The highest BCUT2D eigenvalue weighted by Gasteiger charge is 2.23. The van der Waals surface area contributed by atoms with E-state index in [1.54, 1.807) is 29.1 Å². The van der Waals surface area contributed by atoms with Gasteiger partial charge in [-0.15, -0.1) is 23.7 Å². The van der Waals surface area contributed by atoms with Gasteiger partial charge in [-0.05, 0) is 43.5 Å². The Morgan fingerprint density at radius 3 is 2.74 bits per heavy atom. The lowest BCUT2D eigenvalue weighted by atomic mass is 10.0. The summed E-state index contributed by atoms with van der Waals surface area (Å²) in [6, 6.07) is 5.84. The molecule has 5 heterocycles. The van der Waals surface area contributed by atoms with Crippen LogP contribution in [0.15, 0.2) is 35.4 Å². The van der Waals surface area contributed by atoms with Gasteiger partial charge >= 0.3 is 0 Å². The van der Waals surface area contributed by atoms with Gasteiger partial charge in [0.05, 0.1) is 25.1 Å². The van der Waals surface area contributed by atoms with E-state index in [0.29, 0.717) is 43.4 Å². The molecule has 10 heteroatoms. The molecule has 2 aliphatic rings. The molecule has 0 atom stereocenters. The minimum absolute atomic E-state index is 0. The van der Waals surface area contributed by atoms with Crippen molar-refractivity contribution in [3.63, 3.8) is 0 Å². The van der Waals surface area contributed by atoms with Crippen LogP contribution in [0.1, 0.15) is 17.7 Å². The SMILES string of the molecule is CN1CCN(Cc2cc3c(=O)n(C)cc(-c4ccnc(OCC5CCOCC5)c4)c3s2)C(=O)C1.Cl. The van der Waals surface area contributed by atoms with Gasteiger partial charge in [0.1, 0.15) is 0 Å². The minimum atomic E-state index is -0.0315. The number of carbonyl (C=O) groups is 1. The van der Waals surface area contributed by atoms with E-state index in [0.717, 1.165) is 53.3 Å².